The number of hydrogen-bond acceptors (Lipinski definition) is 5. The Bertz CT molecular complexity index is 485. The average Bonchev–Trinajstić information content (AvgIpc) is 2.47. The van der Waals surface area contributed by atoms with Gasteiger partial charge in [-0.1, -0.05) is 12.1 Å². The molecule has 1 atom stereocenters. The predicted octanol–water partition coefficient (Wildman–Crippen LogP) is 1.73. The van der Waals surface area contributed by atoms with Crippen LogP contribution >= 0.6 is 0 Å². The zero-order valence-electron chi connectivity index (χ0n) is 12.1. The quantitative estimate of drug-likeness (QED) is 0.830. The minimum atomic E-state index is -0.942. The largest absolute Gasteiger partial charge is 0.493 e. The van der Waals surface area contributed by atoms with Gasteiger partial charge in [0.15, 0.2) is 11.5 Å². The van der Waals surface area contributed by atoms with E-state index >= 15 is 0 Å². The van der Waals surface area contributed by atoms with Crippen LogP contribution in [0.2, 0.25) is 0 Å². The van der Waals surface area contributed by atoms with Crippen molar-refractivity contribution in [3.63, 3.8) is 0 Å². The van der Waals surface area contributed by atoms with Gasteiger partial charge in [0, 0.05) is 24.4 Å². The van der Waals surface area contributed by atoms with Gasteiger partial charge in [-0.2, -0.15) is 0 Å². The molecule has 1 aromatic rings. The molecule has 1 fully saturated rings. The molecule has 6 nitrogen and oxygen atoms in total. The molecule has 0 radical (unpaired) electrons. The Hall–Kier alpha value is -1.79. The third-order valence-corrected chi connectivity index (χ3v) is 3.48. The van der Waals surface area contributed by atoms with Gasteiger partial charge in [-0.15, -0.1) is 0 Å². The number of para-hydroxylation sites is 1. The Balaban J connectivity index is 2.24. The summed E-state index contributed by atoms with van der Waals surface area (Å²) in [5, 5.41) is 8.92. The number of benzene rings is 1. The van der Waals surface area contributed by atoms with Crippen molar-refractivity contribution in [3.05, 3.63) is 23.8 Å². The second-order valence-corrected chi connectivity index (χ2v) is 5.01. The third kappa shape index (κ3) is 4.09. The zero-order valence-corrected chi connectivity index (χ0v) is 12.1. The lowest BCUT2D eigenvalue weighted by atomic mass is 10.0. The maximum atomic E-state index is 10.9. The van der Waals surface area contributed by atoms with Crippen LogP contribution in [0.25, 0.3) is 0 Å². The number of rotatable bonds is 6. The van der Waals surface area contributed by atoms with Crippen molar-refractivity contribution in [2.24, 2.45) is 5.73 Å². The van der Waals surface area contributed by atoms with Crippen LogP contribution in [-0.2, 0) is 9.53 Å². The normalized spacial score (nSPS) is 17.2. The summed E-state index contributed by atoms with van der Waals surface area (Å²) in [5.41, 5.74) is 6.64. The fraction of sp³-hybridized carbons (Fsp3) is 0.533. The SMILES string of the molecule is COc1cccc(C(N)CC(=O)O)c1OC1CCOCC1. The van der Waals surface area contributed by atoms with E-state index in [4.69, 9.17) is 25.1 Å². The number of hydrogen-bond donors (Lipinski definition) is 2. The number of aliphatic carboxylic acids is 1. The number of methoxy groups -OCH3 is 1. The summed E-state index contributed by atoms with van der Waals surface area (Å²) in [6, 6.07) is 4.72. The summed E-state index contributed by atoms with van der Waals surface area (Å²) in [4.78, 5) is 10.9. The Morgan fingerprint density at radius 2 is 2.19 bits per heavy atom. The van der Waals surface area contributed by atoms with Gasteiger partial charge in [-0.25, -0.2) is 0 Å². The minimum Gasteiger partial charge on any atom is -0.493 e. The van der Waals surface area contributed by atoms with E-state index < -0.39 is 12.0 Å². The van der Waals surface area contributed by atoms with E-state index in [9.17, 15) is 4.79 Å². The van der Waals surface area contributed by atoms with Crippen molar-refractivity contribution < 1.29 is 24.1 Å². The molecule has 1 aliphatic heterocycles. The van der Waals surface area contributed by atoms with Crippen LogP contribution in [0.1, 0.15) is 30.9 Å². The van der Waals surface area contributed by atoms with E-state index in [0.717, 1.165) is 12.8 Å². The Morgan fingerprint density at radius 1 is 1.48 bits per heavy atom. The molecule has 1 aromatic carbocycles. The molecule has 0 aromatic heterocycles. The van der Waals surface area contributed by atoms with E-state index in [1.54, 1.807) is 25.3 Å². The lowest BCUT2D eigenvalue weighted by Crippen LogP contribution is -2.27. The molecule has 116 valence electrons. The summed E-state index contributed by atoms with van der Waals surface area (Å²) >= 11 is 0. The monoisotopic (exact) mass is 295 g/mol. The first-order valence-electron chi connectivity index (χ1n) is 7.00. The van der Waals surface area contributed by atoms with E-state index in [0.29, 0.717) is 30.3 Å². The zero-order chi connectivity index (χ0) is 15.2. The van der Waals surface area contributed by atoms with Crippen molar-refractivity contribution in [2.45, 2.75) is 31.4 Å². The molecule has 2 rings (SSSR count). The Labute approximate surface area is 123 Å². The number of carbonyl (C=O) groups is 1. The van der Waals surface area contributed by atoms with E-state index in [1.165, 1.54) is 0 Å². The van der Waals surface area contributed by atoms with Gasteiger partial charge >= 0.3 is 5.97 Å². The first-order valence-corrected chi connectivity index (χ1v) is 7.00. The third-order valence-electron chi connectivity index (χ3n) is 3.48. The highest BCUT2D eigenvalue weighted by Crippen LogP contribution is 2.36. The molecule has 0 amide bonds. The second kappa shape index (κ2) is 7.28. The second-order valence-electron chi connectivity index (χ2n) is 5.01. The molecule has 1 heterocycles. The Morgan fingerprint density at radius 3 is 2.81 bits per heavy atom. The first kappa shape index (κ1) is 15.6. The lowest BCUT2D eigenvalue weighted by molar-refractivity contribution is -0.137. The van der Waals surface area contributed by atoms with Crippen molar-refractivity contribution in [3.8, 4) is 11.5 Å². The molecule has 1 saturated heterocycles. The number of ether oxygens (including phenoxy) is 3. The number of nitrogens with two attached hydrogens (primary N) is 1. The van der Waals surface area contributed by atoms with Crippen LogP contribution in [-0.4, -0.2) is 37.5 Å². The number of carboxylic acid groups (broad SMARTS) is 1. The molecule has 0 aliphatic carbocycles. The first-order chi connectivity index (χ1) is 10.1. The Kier molecular flexibility index (Phi) is 5.41. The van der Waals surface area contributed by atoms with Gasteiger partial charge in [0.1, 0.15) is 6.10 Å². The van der Waals surface area contributed by atoms with E-state index in [-0.39, 0.29) is 12.5 Å². The molecular weight excluding hydrogens is 274 g/mol. The molecule has 0 bridgehead atoms. The van der Waals surface area contributed by atoms with Crippen LogP contribution in [0.3, 0.4) is 0 Å². The highest BCUT2D eigenvalue weighted by atomic mass is 16.5. The number of carboxylic acids is 1. The lowest BCUT2D eigenvalue weighted by Gasteiger charge is -2.26. The van der Waals surface area contributed by atoms with Crippen LogP contribution in [0.15, 0.2) is 18.2 Å². The van der Waals surface area contributed by atoms with Crippen LogP contribution in [0, 0.1) is 0 Å². The maximum Gasteiger partial charge on any atom is 0.305 e. The summed E-state index contributed by atoms with van der Waals surface area (Å²) in [6.45, 7) is 1.33. The van der Waals surface area contributed by atoms with Gasteiger partial charge in [0.05, 0.1) is 26.7 Å². The van der Waals surface area contributed by atoms with Crippen molar-refractivity contribution >= 4 is 5.97 Å². The summed E-state index contributed by atoms with van der Waals surface area (Å²) in [6.07, 6.45) is 1.47. The molecule has 1 aliphatic rings. The van der Waals surface area contributed by atoms with Gasteiger partial charge in [0.2, 0.25) is 0 Å². The molecule has 0 spiro atoms. The van der Waals surface area contributed by atoms with Crippen LogP contribution in [0.5, 0.6) is 11.5 Å². The van der Waals surface area contributed by atoms with E-state index in [2.05, 4.69) is 0 Å². The van der Waals surface area contributed by atoms with Crippen LogP contribution < -0.4 is 15.2 Å². The molecular formula is C15H21NO5. The van der Waals surface area contributed by atoms with Gasteiger partial charge in [0.25, 0.3) is 0 Å². The van der Waals surface area contributed by atoms with Crippen molar-refractivity contribution in [1.82, 2.24) is 0 Å². The highest BCUT2D eigenvalue weighted by Gasteiger charge is 2.23. The molecule has 1 unspecified atom stereocenters. The fourth-order valence-corrected chi connectivity index (χ4v) is 2.37. The maximum absolute atomic E-state index is 10.9. The molecule has 0 saturated carbocycles. The minimum absolute atomic E-state index is 0.0332. The van der Waals surface area contributed by atoms with Crippen LogP contribution in [0.4, 0.5) is 0 Å². The van der Waals surface area contributed by atoms with Gasteiger partial charge in [-0.05, 0) is 6.07 Å². The summed E-state index contributed by atoms with van der Waals surface area (Å²) in [7, 11) is 1.55. The molecule has 3 N–H and O–H groups in total. The van der Waals surface area contributed by atoms with Gasteiger partial charge < -0.3 is 25.1 Å². The molecule has 21 heavy (non-hydrogen) atoms. The topological polar surface area (TPSA) is 91.0 Å². The van der Waals surface area contributed by atoms with Gasteiger partial charge in [-0.3, -0.25) is 4.79 Å². The smallest absolute Gasteiger partial charge is 0.305 e. The fourth-order valence-electron chi connectivity index (χ4n) is 2.37. The highest BCUT2D eigenvalue weighted by molar-refractivity contribution is 5.68. The van der Waals surface area contributed by atoms with E-state index in [1.807, 2.05) is 0 Å². The van der Waals surface area contributed by atoms with Crippen molar-refractivity contribution in [1.29, 1.82) is 0 Å². The van der Waals surface area contributed by atoms with Crippen molar-refractivity contribution in [2.75, 3.05) is 20.3 Å². The summed E-state index contributed by atoms with van der Waals surface area (Å²) in [5.74, 6) is 0.169. The molecule has 6 heteroatoms. The predicted molar refractivity (Wildman–Crippen MR) is 76.6 cm³/mol. The standard InChI is InChI=1S/C15H21NO5/c1-19-13-4-2-3-11(12(16)9-14(17)18)15(13)21-10-5-7-20-8-6-10/h2-4,10,12H,5-9,16H2,1H3,(H,17,18). The summed E-state index contributed by atoms with van der Waals surface area (Å²) < 4.78 is 16.7. The average molecular weight is 295 g/mol.